The summed E-state index contributed by atoms with van der Waals surface area (Å²) >= 11 is 0. The van der Waals surface area contributed by atoms with Gasteiger partial charge in [-0.3, -0.25) is 0 Å². The Bertz CT molecular complexity index is 1790. The Kier molecular flexibility index (Phi) is 7.86. The van der Waals surface area contributed by atoms with E-state index in [1.54, 1.807) is 6.08 Å². The van der Waals surface area contributed by atoms with E-state index in [1.807, 2.05) is 102 Å². The van der Waals surface area contributed by atoms with Gasteiger partial charge in [0.2, 0.25) is 0 Å². The number of hydrogen-bond acceptors (Lipinski definition) is 6. The lowest BCUT2D eigenvalue weighted by atomic mass is 10.1. The van der Waals surface area contributed by atoms with Gasteiger partial charge in [-0.1, -0.05) is 78.9 Å². The van der Waals surface area contributed by atoms with E-state index in [2.05, 4.69) is 4.90 Å². The second kappa shape index (κ2) is 12.2. The summed E-state index contributed by atoms with van der Waals surface area (Å²) in [7, 11) is 0. The average Bonchev–Trinajstić information content (AvgIpc) is 3.39. The highest BCUT2D eigenvalue weighted by Crippen LogP contribution is 2.33. The predicted molar refractivity (Wildman–Crippen MR) is 166 cm³/mol. The minimum atomic E-state index is -0.907. The first-order valence-corrected chi connectivity index (χ1v) is 14.1. The Morgan fingerprint density at radius 2 is 1.58 bits per heavy atom. The lowest BCUT2D eigenvalue weighted by Crippen LogP contribution is -2.48. The Morgan fingerprint density at radius 3 is 2.30 bits per heavy atom. The van der Waals surface area contributed by atoms with Crippen molar-refractivity contribution in [3.8, 4) is 22.4 Å². The summed E-state index contributed by atoms with van der Waals surface area (Å²) in [5.41, 5.74) is 6.94. The van der Waals surface area contributed by atoms with Gasteiger partial charge in [-0.15, -0.1) is 0 Å². The number of aromatic nitrogens is 3. The number of anilines is 1. The van der Waals surface area contributed by atoms with Crippen LogP contribution in [0.5, 0.6) is 0 Å². The molecule has 3 aromatic carbocycles. The van der Waals surface area contributed by atoms with E-state index in [4.69, 9.17) is 14.8 Å². The molecular weight excluding hydrogens is 542 g/mol. The number of carboxylic acid groups (broad SMARTS) is 1. The van der Waals surface area contributed by atoms with Crippen molar-refractivity contribution in [1.29, 1.82) is 0 Å². The van der Waals surface area contributed by atoms with Gasteiger partial charge in [0.15, 0.2) is 5.65 Å². The van der Waals surface area contributed by atoms with Crippen molar-refractivity contribution in [1.82, 2.24) is 19.5 Å². The first-order chi connectivity index (χ1) is 21.0. The fourth-order valence-electron chi connectivity index (χ4n) is 5.29. The van der Waals surface area contributed by atoms with Gasteiger partial charge >= 0.3 is 12.1 Å². The van der Waals surface area contributed by atoms with E-state index in [9.17, 15) is 14.7 Å². The lowest BCUT2D eigenvalue weighted by molar-refractivity contribution is -0.138. The number of hydrogen-bond donors (Lipinski definition) is 1. The molecule has 1 amide bonds. The molecule has 0 atom stereocenters. The SMILES string of the molecule is Cc1nn2c(N3CCN(C(=O)O)CC3)cc(-c3cccc(C=CC(=O)OCc4ccccc4)c3)nc2c1-c1ccccc1. The van der Waals surface area contributed by atoms with Gasteiger partial charge in [-0.25, -0.2) is 14.6 Å². The van der Waals surface area contributed by atoms with Crippen LogP contribution in [0.1, 0.15) is 16.8 Å². The van der Waals surface area contributed by atoms with Crippen LogP contribution in [0.4, 0.5) is 10.6 Å². The standard InChI is InChI=1S/C34H31N5O4/c1-24-32(27-12-6-3-7-13-27)33-35-29(22-30(39(33)36-24)37-17-19-38(20-18-37)34(41)42)28-14-8-11-25(21-28)15-16-31(40)43-23-26-9-4-2-5-10-26/h2-16,21-22H,17-20,23H2,1H3,(H,41,42). The lowest BCUT2D eigenvalue weighted by Gasteiger charge is -2.34. The second-order valence-corrected chi connectivity index (χ2v) is 10.4. The molecule has 1 aliphatic rings. The van der Waals surface area contributed by atoms with Crippen molar-refractivity contribution in [3.05, 3.63) is 114 Å². The molecule has 0 unspecified atom stereocenters. The largest absolute Gasteiger partial charge is 0.465 e. The number of benzene rings is 3. The zero-order valence-electron chi connectivity index (χ0n) is 23.8. The number of carbonyl (C=O) groups is 2. The highest BCUT2D eigenvalue weighted by atomic mass is 16.5. The molecule has 1 saturated heterocycles. The maximum Gasteiger partial charge on any atom is 0.407 e. The average molecular weight is 574 g/mol. The zero-order chi connectivity index (χ0) is 29.8. The number of ether oxygens (including phenoxy) is 1. The highest BCUT2D eigenvalue weighted by molar-refractivity contribution is 5.87. The molecule has 6 rings (SSSR count). The minimum Gasteiger partial charge on any atom is -0.465 e. The van der Waals surface area contributed by atoms with Gasteiger partial charge in [0.1, 0.15) is 12.4 Å². The number of rotatable bonds is 7. The Balaban J connectivity index is 1.34. The second-order valence-electron chi connectivity index (χ2n) is 10.4. The van der Waals surface area contributed by atoms with Crippen molar-refractivity contribution in [2.45, 2.75) is 13.5 Å². The van der Waals surface area contributed by atoms with Gasteiger partial charge in [0, 0.05) is 49.4 Å². The van der Waals surface area contributed by atoms with Crippen LogP contribution >= 0.6 is 0 Å². The van der Waals surface area contributed by atoms with E-state index in [0.29, 0.717) is 26.2 Å². The van der Waals surface area contributed by atoms with Gasteiger partial charge in [0.05, 0.1) is 11.4 Å². The van der Waals surface area contributed by atoms with E-state index in [-0.39, 0.29) is 6.61 Å². The quantitative estimate of drug-likeness (QED) is 0.190. The summed E-state index contributed by atoms with van der Waals surface area (Å²) in [6.45, 7) is 4.08. The summed E-state index contributed by atoms with van der Waals surface area (Å²) < 4.78 is 7.25. The first-order valence-electron chi connectivity index (χ1n) is 14.1. The Hall–Kier alpha value is -5.44. The number of fused-ring (bicyclic) bond motifs is 1. The first kappa shape index (κ1) is 27.7. The fraction of sp³-hybridized carbons (Fsp3) is 0.176. The molecule has 2 aromatic heterocycles. The van der Waals surface area contributed by atoms with Crippen LogP contribution in [0.25, 0.3) is 34.1 Å². The third-order valence-electron chi connectivity index (χ3n) is 7.50. The molecule has 216 valence electrons. The molecular formula is C34H31N5O4. The topological polar surface area (TPSA) is 100 Å². The Labute approximate surface area is 249 Å². The maximum absolute atomic E-state index is 12.4. The molecule has 3 heterocycles. The summed E-state index contributed by atoms with van der Waals surface area (Å²) in [4.78, 5) is 32.6. The summed E-state index contributed by atoms with van der Waals surface area (Å²) in [6.07, 6.45) is 2.26. The maximum atomic E-state index is 12.4. The normalized spacial score (nSPS) is 13.5. The van der Waals surface area contributed by atoms with Crippen LogP contribution in [-0.4, -0.2) is 62.8 Å². The molecule has 0 saturated carbocycles. The third-order valence-corrected chi connectivity index (χ3v) is 7.50. The zero-order valence-corrected chi connectivity index (χ0v) is 23.8. The molecule has 1 aliphatic heterocycles. The number of nitrogens with zero attached hydrogens (tertiary/aromatic N) is 5. The smallest absolute Gasteiger partial charge is 0.407 e. The van der Waals surface area contributed by atoms with Crippen molar-refractivity contribution in [3.63, 3.8) is 0 Å². The molecule has 9 nitrogen and oxygen atoms in total. The third kappa shape index (κ3) is 6.11. The molecule has 0 spiro atoms. The van der Waals surface area contributed by atoms with Gasteiger partial charge in [0.25, 0.3) is 0 Å². The summed E-state index contributed by atoms with van der Waals surface area (Å²) in [5.74, 6) is 0.430. The monoisotopic (exact) mass is 573 g/mol. The van der Waals surface area contributed by atoms with E-state index in [0.717, 1.165) is 50.7 Å². The number of amides is 1. The molecule has 0 bridgehead atoms. The highest BCUT2D eigenvalue weighted by Gasteiger charge is 2.25. The number of aryl methyl sites for hydroxylation is 1. The van der Waals surface area contributed by atoms with Gasteiger partial charge in [-0.2, -0.15) is 9.61 Å². The molecule has 0 radical (unpaired) electrons. The predicted octanol–water partition coefficient (Wildman–Crippen LogP) is 5.93. The summed E-state index contributed by atoms with van der Waals surface area (Å²) in [6, 6.07) is 29.5. The van der Waals surface area contributed by atoms with Crippen LogP contribution in [0.2, 0.25) is 0 Å². The van der Waals surface area contributed by atoms with Gasteiger partial charge < -0.3 is 19.6 Å². The van der Waals surface area contributed by atoms with Crippen LogP contribution in [-0.2, 0) is 16.1 Å². The minimum absolute atomic E-state index is 0.214. The van der Waals surface area contributed by atoms with Crippen LogP contribution < -0.4 is 4.90 Å². The van der Waals surface area contributed by atoms with Crippen LogP contribution in [0.3, 0.4) is 0 Å². The molecule has 9 heteroatoms. The number of piperazine rings is 1. The van der Waals surface area contributed by atoms with Crippen molar-refractivity contribution in [2.24, 2.45) is 0 Å². The molecule has 43 heavy (non-hydrogen) atoms. The van der Waals surface area contributed by atoms with Crippen molar-refractivity contribution >= 4 is 29.6 Å². The molecule has 1 N–H and O–H groups in total. The van der Waals surface area contributed by atoms with Crippen molar-refractivity contribution in [2.75, 3.05) is 31.1 Å². The van der Waals surface area contributed by atoms with E-state index >= 15 is 0 Å². The van der Waals surface area contributed by atoms with Crippen molar-refractivity contribution < 1.29 is 19.4 Å². The van der Waals surface area contributed by atoms with Crippen LogP contribution in [0.15, 0.2) is 97.1 Å². The van der Waals surface area contributed by atoms with E-state index < -0.39 is 12.1 Å². The van der Waals surface area contributed by atoms with Crippen LogP contribution in [0, 0.1) is 6.92 Å². The summed E-state index contributed by atoms with van der Waals surface area (Å²) in [5, 5.41) is 14.3. The molecule has 5 aromatic rings. The number of carbonyl (C=O) groups excluding carboxylic acids is 1. The van der Waals surface area contributed by atoms with E-state index in [1.165, 1.54) is 11.0 Å². The Morgan fingerprint density at radius 1 is 0.884 bits per heavy atom. The van der Waals surface area contributed by atoms with Gasteiger partial charge in [-0.05, 0) is 35.8 Å². The fourth-order valence-corrected chi connectivity index (χ4v) is 5.29. The molecule has 1 fully saturated rings. The number of esters is 1. The molecule has 0 aliphatic carbocycles.